The lowest BCUT2D eigenvalue weighted by Gasteiger charge is -2.33. The van der Waals surface area contributed by atoms with Gasteiger partial charge in [0.15, 0.2) is 0 Å². The molecule has 18 heavy (non-hydrogen) atoms. The van der Waals surface area contributed by atoms with Crippen molar-refractivity contribution in [3.8, 4) is 0 Å². The predicted molar refractivity (Wildman–Crippen MR) is 73.6 cm³/mol. The topological polar surface area (TPSA) is 35.5 Å². The van der Waals surface area contributed by atoms with Crippen molar-refractivity contribution < 1.29 is 5.11 Å². The van der Waals surface area contributed by atoms with Crippen LogP contribution in [0.1, 0.15) is 31.2 Å². The van der Waals surface area contributed by atoms with Gasteiger partial charge in [0, 0.05) is 24.3 Å². The molecule has 2 unspecified atom stereocenters. The maximum Gasteiger partial charge on any atom is 0.0681 e. The maximum absolute atomic E-state index is 9.04. The molecule has 0 aromatic heterocycles. The standard InChI is InChI=1S/C15H22N2O/c18-11-12-4-6-13(7-5-12)16-14-8-10-17-9-2-1-3-15(14)17/h4-7,14-16,18H,1-3,8-11H2. The summed E-state index contributed by atoms with van der Waals surface area (Å²) in [6.07, 6.45) is 5.34. The van der Waals surface area contributed by atoms with E-state index in [4.69, 9.17) is 5.11 Å². The summed E-state index contributed by atoms with van der Waals surface area (Å²) >= 11 is 0. The van der Waals surface area contributed by atoms with Crippen LogP contribution in [-0.2, 0) is 6.61 Å². The minimum atomic E-state index is 0.125. The minimum Gasteiger partial charge on any atom is -0.392 e. The van der Waals surface area contributed by atoms with Gasteiger partial charge in [-0.2, -0.15) is 0 Å². The molecular formula is C15H22N2O. The number of rotatable bonds is 3. The van der Waals surface area contributed by atoms with E-state index in [2.05, 4.69) is 22.3 Å². The Morgan fingerprint density at radius 3 is 2.72 bits per heavy atom. The van der Waals surface area contributed by atoms with Crippen molar-refractivity contribution in [2.45, 2.75) is 44.4 Å². The first-order valence-electron chi connectivity index (χ1n) is 7.07. The molecule has 98 valence electrons. The lowest BCUT2D eigenvalue weighted by Crippen LogP contribution is -2.41. The number of anilines is 1. The Labute approximate surface area is 109 Å². The Morgan fingerprint density at radius 2 is 1.94 bits per heavy atom. The Balaban J connectivity index is 1.65. The Bertz CT molecular complexity index is 390. The number of nitrogens with one attached hydrogen (secondary N) is 1. The second kappa shape index (κ2) is 5.29. The third kappa shape index (κ3) is 2.38. The third-order valence-electron chi connectivity index (χ3n) is 4.34. The largest absolute Gasteiger partial charge is 0.392 e. The highest BCUT2D eigenvalue weighted by molar-refractivity contribution is 5.46. The summed E-state index contributed by atoms with van der Waals surface area (Å²) in [7, 11) is 0. The van der Waals surface area contributed by atoms with E-state index in [0.717, 1.165) is 11.6 Å². The molecule has 0 radical (unpaired) electrons. The molecule has 2 aliphatic heterocycles. The summed E-state index contributed by atoms with van der Waals surface area (Å²) in [5.74, 6) is 0. The zero-order valence-electron chi connectivity index (χ0n) is 10.8. The second-order valence-electron chi connectivity index (χ2n) is 5.49. The van der Waals surface area contributed by atoms with Crippen molar-refractivity contribution in [3.05, 3.63) is 29.8 Å². The van der Waals surface area contributed by atoms with Crippen LogP contribution >= 0.6 is 0 Å². The van der Waals surface area contributed by atoms with Crippen LogP contribution in [0, 0.1) is 0 Å². The predicted octanol–water partition coefficient (Wildman–Crippen LogP) is 2.22. The first-order valence-corrected chi connectivity index (χ1v) is 7.07. The highest BCUT2D eigenvalue weighted by atomic mass is 16.3. The van der Waals surface area contributed by atoms with E-state index < -0.39 is 0 Å². The van der Waals surface area contributed by atoms with Crippen molar-refractivity contribution in [2.24, 2.45) is 0 Å². The van der Waals surface area contributed by atoms with E-state index in [1.165, 1.54) is 44.5 Å². The maximum atomic E-state index is 9.04. The lowest BCUT2D eigenvalue weighted by molar-refractivity contribution is 0.193. The lowest BCUT2D eigenvalue weighted by atomic mass is 9.99. The molecule has 0 bridgehead atoms. The summed E-state index contributed by atoms with van der Waals surface area (Å²) in [6.45, 7) is 2.66. The SMILES string of the molecule is OCc1ccc(NC2CCN3CCCCC23)cc1. The molecule has 2 N–H and O–H groups in total. The zero-order valence-corrected chi connectivity index (χ0v) is 10.8. The van der Waals surface area contributed by atoms with Crippen LogP contribution in [0.3, 0.4) is 0 Å². The van der Waals surface area contributed by atoms with Gasteiger partial charge < -0.3 is 10.4 Å². The summed E-state index contributed by atoms with van der Waals surface area (Å²) in [4.78, 5) is 2.64. The van der Waals surface area contributed by atoms with Crippen LogP contribution in [-0.4, -0.2) is 35.2 Å². The normalized spacial score (nSPS) is 28.1. The van der Waals surface area contributed by atoms with Gasteiger partial charge in [-0.15, -0.1) is 0 Å². The van der Waals surface area contributed by atoms with E-state index in [-0.39, 0.29) is 6.61 Å². The molecular weight excluding hydrogens is 224 g/mol. The average molecular weight is 246 g/mol. The molecule has 1 aromatic carbocycles. The van der Waals surface area contributed by atoms with E-state index in [9.17, 15) is 0 Å². The number of nitrogens with zero attached hydrogens (tertiary/aromatic N) is 1. The molecule has 0 amide bonds. The van der Waals surface area contributed by atoms with Crippen molar-refractivity contribution >= 4 is 5.69 Å². The average Bonchev–Trinajstić information content (AvgIpc) is 2.83. The number of piperidine rings is 1. The smallest absolute Gasteiger partial charge is 0.0681 e. The first kappa shape index (κ1) is 12.0. The van der Waals surface area contributed by atoms with Gasteiger partial charge in [0.1, 0.15) is 0 Å². The monoisotopic (exact) mass is 246 g/mol. The van der Waals surface area contributed by atoms with Gasteiger partial charge in [0.25, 0.3) is 0 Å². The molecule has 0 spiro atoms. The van der Waals surface area contributed by atoms with E-state index in [1.807, 2.05) is 12.1 Å². The van der Waals surface area contributed by atoms with E-state index in [1.54, 1.807) is 0 Å². The van der Waals surface area contributed by atoms with Crippen molar-refractivity contribution in [2.75, 3.05) is 18.4 Å². The van der Waals surface area contributed by atoms with Crippen LogP contribution in [0.25, 0.3) is 0 Å². The Kier molecular flexibility index (Phi) is 3.52. The molecule has 2 aliphatic rings. The first-order chi connectivity index (χ1) is 8.86. The van der Waals surface area contributed by atoms with Crippen LogP contribution in [0.4, 0.5) is 5.69 Å². The molecule has 3 rings (SSSR count). The van der Waals surface area contributed by atoms with Gasteiger partial charge in [0.05, 0.1) is 6.61 Å². The number of hydrogen-bond acceptors (Lipinski definition) is 3. The zero-order chi connectivity index (χ0) is 12.4. The molecule has 0 aliphatic carbocycles. The van der Waals surface area contributed by atoms with Crippen LogP contribution in [0.2, 0.25) is 0 Å². The van der Waals surface area contributed by atoms with Crippen molar-refractivity contribution in [1.29, 1.82) is 0 Å². The Hall–Kier alpha value is -1.06. The van der Waals surface area contributed by atoms with Gasteiger partial charge in [0.2, 0.25) is 0 Å². The summed E-state index contributed by atoms with van der Waals surface area (Å²) in [5.41, 5.74) is 2.16. The number of benzene rings is 1. The van der Waals surface area contributed by atoms with Crippen molar-refractivity contribution in [3.63, 3.8) is 0 Å². The molecule has 2 heterocycles. The van der Waals surface area contributed by atoms with Crippen LogP contribution in [0.5, 0.6) is 0 Å². The summed E-state index contributed by atoms with van der Waals surface area (Å²) < 4.78 is 0. The fraction of sp³-hybridized carbons (Fsp3) is 0.600. The van der Waals surface area contributed by atoms with Gasteiger partial charge >= 0.3 is 0 Å². The highest BCUT2D eigenvalue weighted by Gasteiger charge is 2.35. The van der Waals surface area contributed by atoms with Gasteiger partial charge in [-0.3, -0.25) is 4.90 Å². The quantitative estimate of drug-likeness (QED) is 0.858. The molecule has 2 saturated heterocycles. The van der Waals surface area contributed by atoms with Gasteiger partial charge in [-0.25, -0.2) is 0 Å². The minimum absolute atomic E-state index is 0.125. The third-order valence-corrected chi connectivity index (χ3v) is 4.34. The molecule has 0 saturated carbocycles. The van der Waals surface area contributed by atoms with Gasteiger partial charge in [-0.05, 0) is 43.5 Å². The fourth-order valence-electron chi connectivity index (χ4n) is 3.34. The van der Waals surface area contributed by atoms with E-state index >= 15 is 0 Å². The van der Waals surface area contributed by atoms with Crippen LogP contribution < -0.4 is 5.32 Å². The molecule has 3 heteroatoms. The van der Waals surface area contributed by atoms with E-state index in [0.29, 0.717) is 6.04 Å². The van der Waals surface area contributed by atoms with Crippen LogP contribution in [0.15, 0.2) is 24.3 Å². The molecule has 1 aromatic rings. The molecule has 2 fully saturated rings. The summed E-state index contributed by atoms with van der Waals surface area (Å²) in [6, 6.07) is 9.49. The van der Waals surface area contributed by atoms with Gasteiger partial charge in [-0.1, -0.05) is 18.6 Å². The summed E-state index contributed by atoms with van der Waals surface area (Å²) in [5, 5.41) is 12.7. The fourth-order valence-corrected chi connectivity index (χ4v) is 3.34. The number of aliphatic hydroxyl groups is 1. The second-order valence-corrected chi connectivity index (χ2v) is 5.49. The number of hydrogen-bond donors (Lipinski definition) is 2. The van der Waals surface area contributed by atoms with Crippen molar-refractivity contribution in [1.82, 2.24) is 4.90 Å². The Morgan fingerprint density at radius 1 is 1.11 bits per heavy atom. The molecule has 2 atom stereocenters. The highest BCUT2D eigenvalue weighted by Crippen LogP contribution is 2.29. The number of aliphatic hydroxyl groups excluding tert-OH is 1. The molecule has 3 nitrogen and oxygen atoms in total. The number of fused-ring (bicyclic) bond motifs is 1.